The Morgan fingerprint density at radius 2 is 1.97 bits per heavy atom. The summed E-state index contributed by atoms with van der Waals surface area (Å²) >= 11 is 0. The van der Waals surface area contributed by atoms with Gasteiger partial charge >= 0.3 is 6.09 Å². The van der Waals surface area contributed by atoms with Gasteiger partial charge in [0.15, 0.2) is 0 Å². The van der Waals surface area contributed by atoms with E-state index < -0.39 is 5.60 Å². The molecule has 31 heavy (non-hydrogen) atoms. The molecule has 0 bridgehead atoms. The first kappa shape index (κ1) is 21.1. The van der Waals surface area contributed by atoms with Gasteiger partial charge in [0.2, 0.25) is 5.88 Å². The maximum Gasteiger partial charge on any atom is 0.410 e. The highest BCUT2D eigenvalue weighted by Crippen LogP contribution is 2.32. The first-order chi connectivity index (χ1) is 14.6. The van der Waals surface area contributed by atoms with Crippen molar-refractivity contribution in [3.63, 3.8) is 0 Å². The number of hydrogen-bond acceptors (Lipinski definition) is 6. The smallest absolute Gasteiger partial charge is 0.410 e. The second-order valence-electron chi connectivity index (χ2n) is 9.25. The number of carbonyl (C=O) groups excluding carboxylic acids is 1. The third-order valence-electron chi connectivity index (χ3n) is 5.51. The molecule has 1 aliphatic rings. The van der Waals surface area contributed by atoms with Gasteiger partial charge in [0.25, 0.3) is 0 Å². The molecule has 3 aromatic heterocycles. The van der Waals surface area contributed by atoms with Gasteiger partial charge in [-0.3, -0.25) is 4.68 Å². The van der Waals surface area contributed by atoms with Crippen LogP contribution in [0.4, 0.5) is 4.79 Å². The SMILES string of the molecule is Cc1cnn2cc(-c3cnn(C)c3)nc(OC3CCC(N(C)C(=O)OC(C)(C)C)C3)c12. The molecule has 9 nitrogen and oxygen atoms in total. The lowest BCUT2D eigenvalue weighted by Crippen LogP contribution is -2.40. The minimum absolute atomic E-state index is 0.0374. The molecule has 0 N–H and O–H groups in total. The molecule has 0 aromatic carbocycles. The van der Waals surface area contributed by atoms with Gasteiger partial charge in [-0.05, 0) is 40.5 Å². The Morgan fingerprint density at radius 3 is 2.65 bits per heavy atom. The lowest BCUT2D eigenvalue weighted by Gasteiger charge is -2.28. The van der Waals surface area contributed by atoms with E-state index in [0.29, 0.717) is 5.88 Å². The molecular weight excluding hydrogens is 396 g/mol. The topological polar surface area (TPSA) is 86.8 Å². The van der Waals surface area contributed by atoms with Crippen molar-refractivity contribution in [2.24, 2.45) is 7.05 Å². The molecule has 9 heteroatoms. The van der Waals surface area contributed by atoms with Crippen LogP contribution in [-0.4, -0.2) is 60.2 Å². The number of aromatic nitrogens is 5. The van der Waals surface area contributed by atoms with Crippen LogP contribution in [0.5, 0.6) is 5.88 Å². The summed E-state index contributed by atoms with van der Waals surface area (Å²) in [5.74, 6) is 0.557. The number of hydrogen-bond donors (Lipinski definition) is 0. The Labute approximate surface area is 182 Å². The van der Waals surface area contributed by atoms with Gasteiger partial charge in [0, 0.05) is 43.9 Å². The number of rotatable bonds is 4. The van der Waals surface area contributed by atoms with Crippen molar-refractivity contribution >= 4 is 11.6 Å². The lowest BCUT2D eigenvalue weighted by molar-refractivity contribution is 0.0218. The zero-order valence-corrected chi connectivity index (χ0v) is 19.0. The maximum atomic E-state index is 12.4. The van der Waals surface area contributed by atoms with Crippen LogP contribution in [0.2, 0.25) is 0 Å². The Kier molecular flexibility index (Phi) is 5.36. The third kappa shape index (κ3) is 4.50. The maximum absolute atomic E-state index is 12.4. The van der Waals surface area contributed by atoms with E-state index in [1.165, 1.54) is 0 Å². The molecule has 2 atom stereocenters. The van der Waals surface area contributed by atoms with Gasteiger partial charge in [-0.1, -0.05) is 0 Å². The fraction of sp³-hybridized carbons (Fsp3) is 0.545. The first-order valence-electron chi connectivity index (χ1n) is 10.6. The Balaban J connectivity index is 1.53. The number of fused-ring (bicyclic) bond motifs is 1. The number of aryl methyl sites for hydroxylation is 2. The molecule has 0 saturated heterocycles. The summed E-state index contributed by atoms with van der Waals surface area (Å²) in [7, 11) is 3.67. The second-order valence-corrected chi connectivity index (χ2v) is 9.25. The highest BCUT2D eigenvalue weighted by atomic mass is 16.6. The van der Waals surface area contributed by atoms with Crippen LogP contribution in [0.1, 0.15) is 45.6 Å². The molecule has 1 amide bonds. The lowest BCUT2D eigenvalue weighted by atomic mass is 10.2. The van der Waals surface area contributed by atoms with Crippen LogP contribution in [-0.2, 0) is 11.8 Å². The number of amides is 1. The monoisotopic (exact) mass is 426 g/mol. The summed E-state index contributed by atoms with van der Waals surface area (Å²) in [6.07, 6.45) is 9.48. The summed E-state index contributed by atoms with van der Waals surface area (Å²) < 4.78 is 15.4. The summed E-state index contributed by atoms with van der Waals surface area (Å²) in [6.45, 7) is 7.62. The van der Waals surface area contributed by atoms with E-state index in [0.717, 1.165) is 41.6 Å². The quantitative estimate of drug-likeness (QED) is 0.633. The molecule has 2 unspecified atom stereocenters. The zero-order chi connectivity index (χ0) is 22.3. The minimum atomic E-state index is -0.512. The fourth-order valence-corrected chi connectivity index (χ4v) is 3.91. The van der Waals surface area contributed by atoms with Gasteiger partial charge < -0.3 is 14.4 Å². The summed E-state index contributed by atoms with van der Waals surface area (Å²) in [6, 6.07) is 0.0726. The van der Waals surface area contributed by atoms with Gasteiger partial charge in [-0.15, -0.1) is 0 Å². The van der Waals surface area contributed by atoms with Crippen molar-refractivity contribution in [1.82, 2.24) is 29.3 Å². The fourth-order valence-electron chi connectivity index (χ4n) is 3.91. The predicted octanol–water partition coefficient (Wildman–Crippen LogP) is 3.61. The van der Waals surface area contributed by atoms with E-state index in [1.54, 1.807) is 27.3 Å². The Morgan fingerprint density at radius 1 is 1.19 bits per heavy atom. The van der Waals surface area contributed by atoms with Crippen LogP contribution in [0.3, 0.4) is 0 Å². The van der Waals surface area contributed by atoms with Crippen molar-refractivity contribution in [2.75, 3.05) is 7.05 Å². The average molecular weight is 427 g/mol. The average Bonchev–Trinajstić information content (AvgIpc) is 3.40. The van der Waals surface area contributed by atoms with E-state index in [-0.39, 0.29) is 18.2 Å². The zero-order valence-electron chi connectivity index (χ0n) is 19.0. The van der Waals surface area contributed by atoms with Crippen LogP contribution in [0, 0.1) is 6.92 Å². The van der Waals surface area contributed by atoms with Crippen LogP contribution in [0.25, 0.3) is 16.8 Å². The van der Waals surface area contributed by atoms with Gasteiger partial charge in [-0.25, -0.2) is 14.3 Å². The van der Waals surface area contributed by atoms with Crippen molar-refractivity contribution in [3.8, 4) is 17.1 Å². The number of ether oxygens (including phenoxy) is 2. The summed E-state index contributed by atoms with van der Waals surface area (Å²) in [4.78, 5) is 18.9. The highest BCUT2D eigenvalue weighted by Gasteiger charge is 2.34. The molecule has 4 rings (SSSR count). The minimum Gasteiger partial charge on any atom is -0.473 e. The Bertz CT molecular complexity index is 1100. The van der Waals surface area contributed by atoms with Gasteiger partial charge in [0.1, 0.15) is 17.2 Å². The number of carbonyl (C=O) groups is 1. The second kappa shape index (κ2) is 7.86. The molecule has 3 heterocycles. The molecule has 0 spiro atoms. The third-order valence-corrected chi connectivity index (χ3v) is 5.51. The first-order valence-corrected chi connectivity index (χ1v) is 10.6. The Hall–Kier alpha value is -3.10. The van der Waals surface area contributed by atoms with Crippen molar-refractivity contribution in [3.05, 3.63) is 30.4 Å². The predicted molar refractivity (Wildman–Crippen MR) is 116 cm³/mol. The van der Waals surface area contributed by atoms with Crippen LogP contribution < -0.4 is 4.74 Å². The summed E-state index contributed by atoms with van der Waals surface area (Å²) in [5, 5.41) is 8.69. The van der Waals surface area contributed by atoms with Crippen molar-refractivity contribution in [2.45, 2.75) is 64.7 Å². The normalized spacial score (nSPS) is 19.0. The molecular formula is C22H30N6O3. The molecule has 0 radical (unpaired) electrons. The van der Waals surface area contributed by atoms with E-state index in [2.05, 4.69) is 10.2 Å². The van der Waals surface area contributed by atoms with E-state index in [4.69, 9.17) is 14.5 Å². The molecule has 166 valence electrons. The molecule has 1 aliphatic carbocycles. The highest BCUT2D eigenvalue weighted by molar-refractivity contribution is 5.68. The molecule has 0 aliphatic heterocycles. The standard InChI is InChI=1S/C22H30N6O3/c1-14-10-24-28-13-18(15-11-23-26(5)12-15)25-20(19(14)28)30-17-8-7-16(9-17)27(6)21(29)31-22(2,3)4/h10-13,16-17H,7-9H2,1-6H3. The largest absolute Gasteiger partial charge is 0.473 e. The van der Waals surface area contributed by atoms with Crippen molar-refractivity contribution < 1.29 is 14.3 Å². The molecule has 1 saturated carbocycles. The van der Waals surface area contributed by atoms with E-state index >= 15 is 0 Å². The molecule has 3 aromatic rings. The van der Waals surface area contributed by atoms with E-state index in [1.807, 2.05) is 53.3 Å². The van der Waals surface area contributed by atoms with Gasteiger partial charge in [-0.2, -0.15) is 10.2 Å². The van der Waals surface area contributed by atoms with E-state index in [9.17, 15) is 4.79 Å². The number of nitrogens with zero attached hydrogens (tertiary/aromatic N) is 6. The van der Waals surface area contributed by atoms with Crippen LogP contribution >= 0.6 is 0 Å². The van der Waals surface area contributed by atoms with Gasteiger partial charge in [0.05, 0.1) is 24.3 Å². The van der Waals surface area contributed by atoms with Crippen molar-refractivity contribution in [1.29, 1.82) is 0 Å². The summed E-state index contributed by atoms with van der Waals surface area (Å²) in [5.41, 5.74) is 2.99. The molecule has 1 fully saturated rings. The van der Waals surface area contributed by atoms with Crippen LogP contribution in [0.15, 0.2) is 24.8 Å².